The van der Waals surface area contributed by atoms with Gasteiger partial charge in [0.25, 0.3) is 0 Å². The van der Waals surface area contributed by atoms with Crippen LogP contribution in [0, 0.1) is 11.8 Å². The molecule has 0 N–H and O–H groups in total. The minimum absolute atomic E-state index is 0.175. The predicted molar refractivity (Wildman–Crippen MR) is 121 cm³/mol. The molecule has 172 valence electrons. The largest absolute Gasteiger partial charge is 0.379 e. The highest BCUT2D eigenvalue weighted by atomic mass is 16.5. The van der Waals surface area contributed by atoms with Crippen molar-refractivity contribution in [1.82, 2.24) is 9.80 Å². The van der Waals surface area contributed by atoms with Gasteiger partial charge in [-0.25, -0.2) is 0 Å². The van der Waals surface area contributed by atoms with E-state index in [1.165, 1.54) is 12.8 Å². The summed E-state index contributed by atoms with van der Waals surface area (Å²) in [6, 6.07) is 0. The second-order valence-electron chi connectivity index (χ2n) is 11.6. The molecule has 2 aliphatic rings. The zero-order valence-corrected chi connectivity index (χ0v) is 20.9. The average molecular weight is 413 g/mol. The lowest BCUT2D eigenvalue weighted by atomic mass is 9.88. The van der Waals surface area contributed by atoms with Gasteiger partial charge in [0.1, 0.15) is 0 Å². The second kappa shape index (κ2) is 9.12. The minimum Gasteiger partial charge on any atom is -0.379 e. The molecule has 5 heteroatoms. The van der Waals surface area contributed by atoms with Crippen LogP contribution in [0.5, 0.6) is 0 Å². The molecule has 2 saturated heterocycles. The zero-order valence-electron chi connectivity index (χ0n) is 20.9. The standard InChI is InChI=1S/C24H48N2O3/c1-21(2)15-19(23(5,6)25(21)9)17-28-13-11-27-12-14-29-18-20-16-22(3,4)26(10)24(20,7)8/h19-20H,11-18H2,1-10H3. The summed E-state index contributed by atoms with van der Waals surface area (Å²) < 4.78 is 17.6. The summed E-state index contributed by atoms with van der Waals surface area (Å²) in [7, 11) is 4.46. The van der Waals surface area contributed by atoms with Crippen LogP contribution in [-0.2, 0) is 14.2 Å². The molecule has 0 aliphatic carbocycles. The van der Waals surface area contributed by atoms with Crippen molar-refractivity contribution in [3.63, 3.8) is 0 Å². The van der Waals surface area contributed by atoms with Crippen molar-refractivity contribution in [2.45, 2.75) is 90.4 Å². The lowest BCUT2D eigenvalue weighted by molar-refractivity contribution is -0.0117. The van der Waals surface area contributed by atoms with Gasteiger partial charge in [-0.1, -0.05) is 0 Å². The van der Waals surface area contributed by atoms with Crippen molar-refractivity contribution in [3.05, 3.63) is 0 Å². The first-order valence-corrected chi connectivity index (χ1v) is 11.4. The van der Waals surface area contributed by atoms with E-state index in [-0.39, 0.29) is 22.2 Å². The normalized spacial score (nSPS) is 30.8. The van der Waals surface area contributed by atoms with E-state index in [1.807, 2.05) is 0 Å². The lowest BCUT2D eigenvalue weighted by Crippen LogP contribution is -2.47. The van der Waals surface area contributed by atoms with Crippen molar-refractivity contribution in [3.8, 4) is 0 Å². The summed E-state index contributed by atoms with van der Waals surface area (Å²) in [5.41, 5.74) is 0.830. The first-order chi connectivity index (χ1) is 13.2. The molecule has 2 fully saturated rings. The fourth-order valence-electron chi connectivity index (χ4n) is 5.40. The lowest BCUT2D eigenvalue weighted by Gasteiger charge is -2.38. The zero-order chi connectivity index (χ0) is 22.1. The monoisotopic (exact) mass is 412 g/mol. The Kier molecular flexibility index (Phi) is 7.88. The molecule has 29 heavy (non-hydrogen) atoms. The van der Waals surface area contributed by atoms with E-state index in [0.717, 1.165) is 13.2 Å². The third-order valence-corrected chi connectivity index (χ3v) is 8.42. The van der Waals surface area contributed by atoms with Crippen molar-refractivity contribution < 1.29 is 14.2 Å². The molecule has 2 rings (SSSR count). The molecule has 0 aromatic heterocycles. The molecule has 0 aromatic rings. The Labute approximate surface area is 180 Å². The third-order valence-electron chi connectivity index (χ3n) is 8.42. The maximum atomic E-state index is 5.95. The summed E-state index contributed by atoms with van der Waals surface area (Å²) in [6.45, 7) is 22.8. The first kappa shape index (κ1) is 25.1. The van der Waals surface area contributed by atoms with E-state index in [1.54, 1.807) is 0 Å². The number of hydrogen-bond donors (Lipinski definition) is 0. The molecule has 0 amide bonds. The maximum Gasteiger partial charge on any atom is 0.0701 e. The topological polar surface area (TPSA) is 34.2 Å². The van der Waals surface area contributed by atoms with E-state index in [0.29, 0.717) is 38.3 Å². The first-order valence-electron chi connectivity index (χ1n) is 11.4. The van der Waals surface area contributed by atoms with Gasteiger partial charge in [-0.3, -0.25) is 9.80 Å². The highest BCUT2D eigenvalue weighted by Gasteiger charge is 2.50. The molecule has 5 nitrogen and oxygen atoms in total. The highest BCUT2D eigenvalue weighted by molar-refractivity contribution is 5.04. The molecule has 0 aromatic carbocycles. The van der Waals surface area contributed by atoms with Crippen LogP contribution in [-0.4, -0.2) is 85.7 Å². The average Bonchev–Trinajstić information content (AvgIpc) is 2.87. The van der Waals surface area contributed by atoms with Gasteiger partial charge in [0.05, 0.1) is 39.6 Å². The SMILES string of the molecule is CN1C(C)(C)CC(COCCOCCOCC2CC(C)(C)N(C)C2(C)C)C1(C)C. The van der Waals surface area contributed by atoms with Gasteiger partial charge < -0.3 is 14.2 Å². The number of ether oxygens (including phenoxy) is 3. The van der Waals surface area contributed by atoms with E-state index < -0.39 is 0 Å². The summed E-state index contributed by atoms with van der Waals surface area (Å²) >= 11 is 0. The van der Waals surface area contributed by atoms with E-state index in [2.05, 4.69) is 79.3 Å². The van der Waals surface area contributed by atoms with Crippen LogP contribution in [0.3, 0.4) is 0 Å². The number of hydrogen-bond acceptors (Lipinski definition) is 5. The van der Waals surface area contributed by atoms with Gasteiger partial charge in [0, 0.05) is 34.0 Å². The Bertz CT molecular complexity index is 484. The smallest absolute Gasteiger partial charge is 0.0701 e. The van der Waals surface area contributed by atoms with Gasteiger partial charge in [-0.2, -0.15) is 0 Å². The Hall–Kier alpha value is -0.200. The summed E-state index contributed by atoms with van der Waals surface area (Å²) in [4.78, 5) is 4.98. The summed E-state index contributed by atoms with van der Waals surface area (Å²) in [5, 5.41) is 0. The van der Waals surface area contributed by atoms with Crippen LogP contribution in [0.4, 0.5) is 0 Å². The van der Waals surface area contributed by atoms with E-state index in [4.69, 9.17) is 14.2 Å². The van der Waals surface area contributed by atoms with Gasteiger partial charge in [0.2, 0.25) is 0 Å². The number of nitrogens with zero attached hydrogens (tertiary/aromatic N) is 2. The second-order valence-corrected chi connectivity index (χ2v) is 11.6. The molecule has 0 saturated carbocycles. The van der Waals surface area contributed by atoms with Crippen LogP contribution in [0.2, 0.25) is 0 Å². The molecule has 2 atom stereocenters. The Balaban J connectivity index is 1.54. The Morgan fingerprint density at radius 3 is 1.17 bits per heavy atom. The van der Waals surface area contributed by atoms with E-state index >= 15 is 0 Å². The minimum atomic E-state index is 0.175. The molecule has 2 unspecified atom stereocenters. The molecule has 2 aliphatic heterocycles. The summed E-state index contributed by atoms with van der Waals surface area (Å²) in [5.74, 6) is 1.12. The van der Waals surface area contributed by atoms with Crippen LogP contribution in [0.1, 0.15) is 68.2 Å². The Morgan fingerprint density at radius 2 is 0.897 bits per heavy atom. The summed E-state index contributed by atoms with van der Waals surface area (Å²) in [6.07, 6.45) is 2.35. The van der Waals surface area contributed by atoms with Crippen LogP contribution in [0.25, 0.3) is 0 Å². The highest BCUT2D eigenvalue weighted by Crippen LogP contribution is 2.44. The molecule has 0 spiro atoms. The number of rotatable bonds is 10. The van der Waals surface area contributed by atoms with Gasteiger partial charge in [0.15, 0.2) is 0 Å². The predicted octanol–water partition coefficient (Wildman–Crippen LogP) is 4.05. The van der Waals surface area contributed by atoms with Crippen LogP contribution in [0.15, 0.2) is 0 Å². The third kappa shape index (κ3) is 5.54. The van der Waals surface area contributed by atoms with Crippen LogP contribution >= 0.6 is 0 Å². The van der Waals surface area contributed by atoms with Crippen molar-refractivity contribution in [1.29, 1.82) is 0 Å². The van der Waals surface area contributed by atoms with Gasteiger partial charge in [-0.15, -0.1) is 0 Å². The molecule has 0 bridgehead atoms. The maximum absolute atomic E-state index is 5.95. The van der Waals surface area contributed by atoms with Gasteiger partial charge >= 0.3 is 0 Å². The number of likely N-dealkylation sites (tertiary alicyclic amines) is 2. The molecular formula is C24H48N2O3. The quantitative estimate of drug-likeness (QED) is 0.506. The Morgan fingerprint density at radius 1 is 0.586 bits per heavy atom. The molecule has 2 heterocycles. The fourth-order valence-corrected chi connectivity index (χ4v) is 5.40. The van der Waals surface area contributed by atoms with E-state index in [9.17, 15) is 0 Å². The van der Waals surface area contributed by atoms with Crippen molar-refractivity contribution in [2.75, 3.05) is 53.7 Å². The van der Waals surface area contributed by atoms with Crippen molar-refractivity contribution >= 4 is 0 Å². The molecule has 0 radical (unpaired) electrons. The van der Waals surface area contributed by atoms with Crippen LogP contribution < -0.4 is 0 Å². The fraction of sp³-hybridized carbons (Fsp3) is 1.00. The van der Waals surface area contributed by atoms with Gasteiger partial charge in [-0.05, 0) is 82.3 Å². The molecular weight excluding hydrogens is 364 g/mol. The van der Waals surface area contributed by atoms with Crippen molar-refractivity contribution in [2.24, 2.45) is 11.8 Å².